The normalized spacial score (nSPS) is 16.8. The summed E-state index contributed by atoms with van der Waals surface area (Å²) in [5, 5.41) is 15.8. The Morgan fingerprint density at radius 3 is 2.80 bits per heavy atom. The Labute approximate surface area is 146 Å². The largest absolute Gasteiger partial charge is 0.352 e. The number of hydrogen-bond acceptors (Lipinski definition) is 4. The molecular weight excluding hydrogens is 316 g/mol. The van der Waals surface area contributed by atoms with Gasteiger partial charge in [-0.3, -0.25) is 4.79 Å². The van der Waals surface area contributed by atoms with Crippen molar-refractivity contribution in [2.75, 3.05) is 6.54 Å². The molecule has 1 amide bonds. The van der Waals surface area contributed by atoms with Gasteiger partial charge in [0.15, 0.2) is 0 Å². The number of carbonyl (C=O) groups excluding carboxylic acids is 1. The number of benzene rings is 1. The number of rotatable bonds is 5. The van der Waals surface area contributed by atoms with Gasteiger partial charge in [0.1, 0.15) is 11.9 Å². The van der Waals surface area contributed by atoms with Crippen LogP contribution in [0.2, 0.25) is 0 Å². The maximum atomic E-state index is 13.0. The molecule has 0 bridgehead atoms. The Morgan fingerprint density at radius 1 is 1.16 bits per heavy atom. The van der Waals surface area contributed by atoms with E-state index in [4.69, 9.17) is 0 Å². The molecule has 7 heteroatoms. The standard InChI is InChI=1S/C18H22N6O/c25-17(18(9-4-1-5-10-18)24-14-20-21-22-24)19-11-13-23-12-8-15-6-2-3-7-16(15)23/h2-3,6-8,12,14H,1,4-5,9-11,13H2,(H,19,25). The maximum Gasteiger partial charge on any atom is 0.248 e. The van der Waals surface area contributed by atoms with Crippen molar-refractivity contribution in [3.05, 3.63) is 42.9 Å². The lowest BCUT2D eigenvalue weighted by Crippen LogP contribution is -2.51. The number of aromatic nitrogens is 5. The summed E-state index contributed by atoms with van der Waals surface area (Å²) in [6, 6.07) is 10.4. The third-order valence-electron chi connectivity index (χ3n) is 5.21. The van der Waals surface area contributed by atoms with Crippen LogP contribution in [-0.4, -0.2) is 37.2 Å². The summed E-state index contributed by atoms with van der Waals surface area (Å²) < 4.78 is 3.81. The fourth-order valence-corrected chi connectivity index (χ4v) is 3.84. The van der Waals surface area contributed by atoms with Crippen molar-refractivity contribution in [1.82, 2.24) is 30.1 Å². The molecule has 0 unspecified atom stereocenters. The van der Waals surface area contributed by atoms with Crippen molar-refractivity contribution >= 4 is 16.8 Å². The molecule has 2 aromatic heterocycles. The van der Waals surface area contributed by atoms with Crippen LogP contribution < -0.4 is 5.32 Å². The Bertz CT molecular complexity index is 847. The second-order valence-corrected chi connectivity index (χ2v) is 6.67. The first kappa shape index (κ1) is 15.8. The van der Waals surface area contributed by atoms with Gasteiger partial charge in [0.2, 0.25) is 5.91 Å². The van der Waals surface area contributed by atoms with Crippen molar-refractivity contribution in [2.24, 2.45) is 0 Å². The molecule has 1 fully saturated rings. The van der Waals surface area contributed by atoms with E-state index < -0.39 is 5.54 Å². The van der Waals surface area contributed by atoms with Gasteiger partial charge in [-0.1, -0.05) is 37.5 Å². The number of nitrogens with zero attached hydrogens (tertiary/aromatic N) is 5. The molecule has 1 saturated carbocycles. The highest BCUT2D eigenvalue weighted by Crippen LogP contribution is 2.34. The molecule has 0 radical (unpaired) electrons. The topological polar surface area (TPSA) is 77.6 Å². The van der Waals surface area contributed by atoms with Gasteiger partial charge in [0, 0.05) is 24.8 Å². The van der Waals surface area contributed by atoms with Gasteiger partial charge < -0.3 is 9.88 Å². The minimum absolute atomic E-state index is 0.0240. The van der Waals surface area contributed by atoms with Crippen LogP contribution in [0.15, 0.2) is 42.9 Å². The molecule has 130 valence electrons. The van der Waals surface area contributed by atoms with Crippen molar-refractivity contribution < 1.29 is 4.79 Å². The van der Waals surface area contributed by atoms with Crippen LogP contribution in [0, 0.1) is 0 Å². The number of amides is 1. The van der Waals surface area contributed by atoms with Crippen molar-refractivity contribution in [3.8, 4) is 0 Å². The lowest BCUT2D eigenvalue weighted by molar-refractivity contribution is -0.132. The third kappa shape index (κ3) is 2.90. The van der Waals surface area contributed by atoms with E-state index in [9.17, 15) is 4.79 Å². The molecule has 7 nitrogen and oxygen atoms in total. The predicted molar refractivity (Wildman–Crippen MR) is 93.8 cm³/mol. The maximum absolute atomic E-state index is 13.0. The van der Waals surface area contributed by atoms with Gasteiger partial charge in [-0.05, 0) is 40.8 Å². The molecular formula is C18H22N6O. The van der Waals surface area contributed by atoms with Crippen LogP contribution in [0.4, 0.5) is 0 Å². The second kappa shape index (κ2) is 6.66. The molecule has 0 spiro atoms. The summed E-state index contributed by atoms with van der Waals surface area (Å²) in [4.78, 5) is 13.0. The Balaban J connectivity index is 1.45. The molecule has 0 atom stereocenters. The second-order valence-electron chi connectivity index (χ2n) is 6.67. The summed E-state index contributed by atoms with van der Waals surface area (Å²) in [5.74, 6) is 0.0240. The fraction of sp³-hybridized carbons (Fsp3) is 0.444. The van der Waals surface area contributed by atoms with Gasteiger partial charge in [-0.2, -0.15) is 0 Å². The highest BCUT2D eigenvalue weighted by atomic mass is 16.2. The average Bonchev–Trinajstić information content (AvgIpc) is 3.33. The molecule has 1 aromatic carbocycles. The number of hydrogen-bond donors (Lipinski definition) is 1. The zero-order valence-corrected chi connectivity index (χ0v) is 14.1. The highest BCUT2D eigenvalue weighted by molar-refractivity contribution is 5.84. The van der Waals surface area contributed by atoms with Crippen molar-refractivity contribution in [2.45, 2.75) is 44.2 Å². The highest BCUT2D eigenvalue weighted by Gasteiger charge is 2.42. The fourth-order valence-electron chi connectivity index (χ4n) is 3.84. The number of para-hydroxylation sites is 1. The van der Waals surface area contributed by atoms with Gasteiger partial charge in [-0.25, -0.2) is 4.68 Å². The van der Waals surface area contributed by atoms with E-state index in [0.29, 0.717) is 6.54 Å². The van der Waals surface area contributed by atoms with E-state index in [1.807, 2.05) is 12.1 Å². The lowest BCUT2D eigenvalue weighted by atomic mass is 9.81. The van der Waals surface area contributed by atoms with E-state index in [-0.39, 0.29) is 5.91 Å². The van der Waals surface area contributed by atoms with Crippen LogP contribution in [-0.2, 0) is 16.9 Å². The zero-order chi connectivity index (χ0) is 17.1. The molecule has 25 heavy (non-hydrogen) atoms. The van der Waals surface area contributed by atoms with Crippen molar-refractivity contribution in [1.29, 1.82) is 0 Å². The van der Waals surface area contributed by atoms with E-state index in [0.717, 1.165) is 38.6 Å². The minimum Gasteiger partial charge on any atom is -0.352 e. The number of tetrazole rings is 1. The quantitative estimate of drug-likeness (QED) is 0.773. The zero-order valence-electron chi connectivity index (χ0n) is 14.1. The van der Waals surface area contributed by atoms with E-state index in [1.165, 1.54) is 10.9 Å². The Kier molecular flexibility index (Phi) is 4.21. The van der Waals surface area contributed by atoms with Gasteiger partial charge in [0.25, 0.3) is 0 Å². The van der Waals surface area contributed by atoms with Crippen LogP contribution in [0.1, 0.15) is 32.1 Å². The van der Waals surface area contributed by atoms with Crippen LogP contribution in [0.25, 0.3) is 10.9 Å². The number of carbonyl (C=O) groups is 1. The molecule has 2 heterocycles. The first-order chi connectivity index (χ1) is 12.3. The third-order valence-corrected chi connectivity index (χ3v) is 5.21. The first-order valence-electron chi connectivity index (χ1n) is 8.85. The molecule has 3 aromatic rings. The predicted octanol–water partition coefficient (Wildman–Crippen LogP) is 2.10. The van der Waals surface area contributed by atoms with Gasteiger partial charge in [-0.15, -0.1) is 5.10 Å². The van der Waals surface area contributed by atoms with E-state index in [1.54, 1.807) is 11.0 Å². The van der Waals surface area contributed by atoms with Gasteiger partial charge in [0.05, 0.1) is 0 Å². The molecule has 4 rings (SSSR count). The van der Waals surface area contributed by atoms with E-state index in [2.05, 4.69) is 49.8 Å². The smallest absolute Gasteiger partial charge is 0.248 e. The summed E-state index contributed by atoms with van der Waals surface area (Å²) in [6.45, 7) is 1.33. The summed E-state index contributed by atoms with van der Waals surface area (Å²) in [7, 11) is 0. The SMILES string of the molecule is O=C(NCCn1ccc2ccccc21)C1(n2cnnn2)CCCCC1. The number of nitrogens with one attached hydrogen (secondary N) is 1. The molecule has 1 N–H and O–H groups in total. The monoisotopic (exact) mass is 338 g/mol. The Morgan fingerprint density at radius 2 is 2.00 bits per heavy atom. The lowest BCUT2D eigenvalue weighted by Gasteiger charge is -2.35. The average molecular weight is 338 g/mol. The first-order valence-corrected chi connectivity index (χ1v) is 8.85. The van der Waals surface area contributed by atoms with E-state index >= 15 is 0 Å². The van der Waals surface area contributed by atoms with Crippen LogP contribution >= 0.6 is 0 Å². The summed E-state index contributed by atoms with van der Waals surface area (Å²) in [5.41, 5.74) is 0.546. The minimum atomic E-state index is -0.638. The molecule has 0 saturated heterocycles. The summed E-state index contributed by atoms with van der Waals surface area (Å²) in [6.07, 6.45) is 8.41. The molecule has 0 aliphatic heterocycles. The molecule has 1 aliphatic rings. The van der Waals surface area contributed by atoms with Gasteiger partial charge >= 0.3 is 0 Å². The molecule has 1 aliphatic carbocycles. The van der Waals surface area contributed by atoms with Crippen LogP contribution in [0.5, 0.6) is 0 Å². The van der Waals surface area contributed by atoms with Crippen molar-refractivity contribution in [3.63, 3.8) is 0 Å². The Hall–Kier alpha value is -2.70. The van der Waals surface area contributed by atoms with Crippen LogP contribution in [0.3, 0.4) is 0 Å². The number of fused-ring (bicyclic) bond motifs is 1. The summed E-state index contributed by atoms with van der Waals surface area (Å²) >= 11 is 0.